The van der Waals surface area contributed by atoms with Crippen molar-refractivity contribution < 1.29 is 56.7 Å². The zero-order chi connectivity index (χ0) is 11.5. The molecule has 0 unspecified atom stereocenters. The van der Waals surface area contributed by atoms with Gasteiger partial charge in [0.2, 0.25) is 0 Å². The van der Waals surface area contributed by atoms with Gasteiger partial charge < -0.3 is 56.7 Å². The Morgan fingerprint density at radius 1 is 0.706 bits per heavy atom. The minimum atomic E-state index is -5.42. The van der Waals surface area contributed by atoms with Gasteiger partial charge >= 0.3 is 62.1 Å². The van der Waals surface area contributed by atoms with Gasteiger partial charge in [0.1, 0.15) is 5.69 Å². The second-order valence-corrected chi connectivity index (χ2v) is 59.3. The third-order valence-corrected chi connectivity index (χ3v) is 0.843. The Morgan fingerprint density at radius 2 is 0.941 bits per heavy atom. The third kappa shape index (κ3) is 45.3. The first kappa shape index (κ1) is 28.4. The summed E-state index contributed by atoms with van der Waals surface area (Å²) in [5.74, 6) is 0. The van der Waals surface area contributed by atoms with Crippen LogP contribution in [0.1, 0.15) is 0 Å². The average molecular weight is 668 g/mol. The van der Waals surface area contributed by atoms with Gasteiger partial charge in [-0.3, -0.25) is 0 Å². The van der Waals surface area contributed by atoms with E-state index in [-0.39, 0.29) is 50.9 Å². The SMILES string of the molecule is [Br-].[Br-].[Br-].[Cl][Sb-]([Cl])([Cl])([Cl])([Cl])[Cl].[NH3+]c1ccccc1. The van der Waals surface area contributed by atoms with Crippen LogP contribution in [0.2, 0.25) is 0 Å². The van der Waals surface area contributed by atoms with Crippen LogP contribution in [0.15, 0.2) is 30.3 Å². The van der Waals surface area contributed by atoms with Crippen LogP contribution < -0.4 is 56.7 Å². The molecule has 0 amide bonds. The zero-order valence-electron chi connectivity index (χ0n) is 7.94. The monoisotopic (exact) mass is 662 g/mol. The molecule has 0 fully saturated rings. The van der Waals surface area contributed by atoms with Crippen molar-refractivity contribution in [3.8, 4) is 0 Å². The van der Waals surface area contributed by atoms with E-state index >= 15 is 0 Å². The Bertz CT molecular complexity index is 289. The Hall–Kier alpha value is 3.18. The number of hydrogen-bond donors (Lipinski definition) is 1. The third-order valence-electron chi connectivity index (χ3n) is 0.843. The molecule has 0 saturated heterocycles. The average Bonchev–Trinajstić information content (AvgIpc) is 1.81. The first-order chi connectivity index (χ1) is 5.84. The smallest absolute Gasteiger partial charge is 0.127 e. The standard InChI is InChI=1S/C6H7N.3BrH.6ClH.Sb/c7-6-4-2-1-3-5-6;;;;;;;;;;/h1-5H,7H2;9*1H;/q;;;;;;;;;;+5/p-8. The van der Waals surface area contributed by atoms with Crippen LogP contribution in [0.3, 0.4) is 0 Å². The van der Waals surface area contributed by atoms with E-state index in [4.69, 9.17) is 53.0 Å². The summed E-state index contributed by atoms with van der Waals surface area (Å²) >= 11 is 0. The maximum Gasteiger partial charge on any atom is 0.127 e. The van der Waals surface area contributed by atoms with Gasteiger partial charge in [-0.15, -0.1) is 0 Å². The van der Waals surface area contributed by atoms with E-state index in [1.165, 1.54) is 0 Å². The molecule has 11 heteroatoms. The second kappa shape index (κ2) is 9.25. The van der Waals surface area contributed by atoms with Crippen molar-refractivity contribution in [2.45, 2.75) is 0 Å². The Morgan fingerprint density at radius 3 is 1.06 bits per heavy atom. The minimum absolute atomic E-state index is 0. The molecule has 0 radical (unpaired) electrons. The summed E-state index contributed by atoms with van der Waals surface area (Å²) < 4.78 is 0. The van der Waals surface area contributed by atoms with Gasteiger partial charge in [-0.05, 0) is 12.1 Å². The van der Waals surface area contributed by atoms with Crippen molar-refractivity contribution in [1.82, 2.24) is 0 Å². The molecule has 0 aliphatic heterocycles. The molecule has 1 aromatic carbocycles. The normalized spacial score (nSPS) is 13.1. The second-order valence-electron chi connectivity index (χ2n) is 2.44. The first-order valence-electron chi connectivity index (χ1n) is 3.28. The molecular weight excluding hydrogens is 660 g/mol. The molecule has 1 rings (SSSR count). The van der Waals surface area contributed by atoms with Gasteiger partial charge in [-0.1, -0.05) is 18.2 Å². The van der Waals surface area contributed by atoms with Crippen LogP contribution in [0.5, 0.6) is 0 Å². The molecule has 0 aliphatic rings. The predicted octanol–water partition coefficient (Wildman–Crippen LogP) is -4.67. The van der Waals surface area contributed by atoms with Crippen LogP contribution in [-0.4, -0.2) is 9.14 Å². The molecule has 17 heavy (non-hydrogen) atoms. The molecule has 0 saturated carbocycles. The van der Waals surface area contributed by atoms with Crippen molar-refractivity contribution in [2.75, 3.05) is 0 Å². The molecule has 1 aromatic rings. The summed E-state index contributed by atoms with van der Waals surface area (Å²) in [6.07, 6.45) is 0. The summed E-state index contributed by atoms with van der Waals surface area (Å²) in [4.78, 5) is 0. The van der Waals surface area contributed by atoms with E-state index in [1.54, 1.807) is 0 Å². The van der Waals surface area contributed by atoms with Crippen LogP contribution in [0.4, 0.5) is 5.69 Å². The summed E-state index contributed by atoms with van der Waals surface area (Å²) in [6.45, 7) is 0. The molecule has 0 aromatic heterocycles. The van der Waals surface area contributed by atoms with E-state index in [2.05, 4.69) is 5.73 Å². The molecule has 0 heterocycles. The van der Waals surface area contributed by atoms with Crippen LogP contribution in [0, 0.1) is 0 Å². The Kier molecular flexibility index (Phi) is 15.4. The van der Waals surface area contributed by atoms with E-state index < -0.39 is 9.14 Å². The molecule has 3 N–H and O–H groups in total. The van der Waals surface area contributed by atoms with Crippen LogP contribution in [0.25, 0.3) is 0 Å². The van der Waals surface area contributed by atoms with Crippen molar-refractivity contribution in [2.24, 2.45) is 0 Å². The summed E-state index contributed by atoms with van der Waals surface area (Å²) in [6, 6.07) is 9.87. The number of halogens is 9. The molecule has 0 aliphatic carbocycles. The Balaban J connectivity index is -0.0000000845. The van der Waals surface area contributed by atoms with Crippen molar-refractivity contribution in [3.05, 3.63) is 30.3 Å². The van der Waals surface area contributed by atoms with Gasteiger partial charge in [-0.25, -0.2) is 0 Å². The largest absolute Gasteiger partial charge is 0.325 e. The molecular formula is C6H8Br3Cl6NSb-3. The van der Waals surface area contributed by atoms with Crippen molar-refractivity contribution >= 4 is 67.8 Å². The molecule has 0 bridgehead atoms. The van der Waals surface area contributed by atoms with E-state index in [1.807, 2.05) is 30.3 Å². The fourth-order valence-electron chi connectivity index (χ4n) is 0.478. The topological polar surface area (TPSA) is 27.6 Å². The number of hydrogen-bond acceptors (Lipinski definition) is 0. The van der Waals surface area contributed by atoms with Gasteiger partial charge in [0, 0.05) is 0 Å². The Labute approximate surface area is 152 Å². The molecule has 0 atom stereocenters. The first-order valence-corrected chi connectivity index (χ1v) is 22.7. The van der Waals surface area contributed by atoms with Gasteiger partial charge in [0.25, 0.3) is 0 Å². The van der Waals surface area contributed by atoms with Gasteiger partial charge in [-0.2, -0.15) is 0 Å². The minimum Gasteiger partial charge on any atom is -0.325 e. The number of quaternary nitrogens is 1. The maximum absolute atomic E-state index is 5.42. The summed E-state index contributed by atoms with van der Waals surface area (Å²) in [7, 11) is 25.0. The van der Waals surface area contributed by atoms with Gasteiger partial charge in [0.05, 0.1) is 0 Å². The molecule has 1 nitrogen and oxygen atoms in total. The van der Waals surface area contributed by atoms with Crippen LogP contribution in [-0.2, 0) is 0 Å². The van der Waals surface area contributed by atoms with E-state index in [9.17, 15) is 0 Å². The quantitative estimate of drug-likeness (QED) is 0.270. The molecule has 108 valence electrons. The van der Waals surface area contributed by atoms with Crippen molar-refractivity contribution in [1.29, 1.82) is 0 Å². The maximum atomic E-state index is 5.06. The van der Waals surface area contributed by atoms with Crippen LogP contribution >= 0.6 is 53.0 Å². The number of rotatable bonds is 0. The summed E-state index contributed by atoms with van der Waals surface area (Å²) in [5, 5.41) is 0. The molecule has 0 spiro atoms. The predicted molar refractivity (Wildman–Crippen MR) is 69.9 cm³/mol. The summed E-state index contributed by atoms with van der Waals surface area (Å²) in [5.41, 5.74) is 4.79. The fraction of sp³-hybridized carbons (Fsp3) is 0. The van der Waals surface area contributed by atoms with E-state index in [0.717, 1.165) is 5.69 Å². The number of benzene rings is 1. The van der Waals surface area contributed by atoms with E-state index in [0.29, 0.717) is 0 Å². The zero-order valence-corrected chi connectivity index (χ0v) is 19.8. The van der Waals surface area contributed by atoms with Gasteiger partial charge in [0.15, 0.2) is 0 Å². The van der Waals surface area contributed by atoms with Crippen molar-refractivity contribution in [3.63, 3.8) is 0 Å². The fourth-order valence-corrected chi connectivity index (χ4v) is 0.478.